The van der Waals surface area contributed by atoms with Crippen molar-refractivity contribution in [1.29, 1.82) is 0 Å². The van der Waals surface area contributed by atoms with Crippen molar-refractivity contribution in [3.05, 3.63) is 64.4 Å². The van der Waals surface area contributed by atoms with Crippen LogP contribution in [0.3, 0.4) is 0 Å². The smallest absolute Gasteiger partial charge is 0.256 e. The first-order valence-corrected chi connectivity index (χ1v) is 9.29. The summed E-state index contributed by atoms with van der Waals surface area (Å²) in [6.07, 6.45) is 1.99. The van der Waals surface area contributed by atoms with Crippen molar-refractivity contribution in [3.63, 3.8) is 0 Å². The summed E-state index contributed by atoms with van der Waals surface area (Å²) in [4.78, 5) is 18.9. The summed E-state index contributed by atoms with van der Waals surface area (Å²) in [6.45, 7) is 2.39. The normalized spacial score (nSPS) is 13.3. The maximum Gasteiger partial charge on any atom is 0.256 e. The molecule has 0 spiro atoms. The molecule has 0 atom stereocenters. The summed E-state index contributed by atoms with van der Waals surface area (Å²) >= 11 is 0. The van der Waals surface area contributed by atoms with Gasteiger partial charge in [0, 0.05) is 24.7 Å². The van der Waals surface area contributed by atoms with Crippen molar-refractivity contribution >= 4 is 5.91 Å². The summed E-state index contributed by atoms with van der Waals surface area (Å²) < 4.78 is 47.5. The quantitative estimate of drug-likeness (QED) is 0.614. The Hall–Kier alpha value is -3.36. The zero-order chi connectivity index (χ0) is 21.6. The van der Waals surface area contributed by atoms with Gasteiger partial charge < -0.3 is 9.64 Å². The molecular weight excluding hydrogens is 397 g/mol. The molecule has 3 heterocycles. The van der Waals surface area contributed by atoms with E-state index in [0.717, 1.165) is 17.7 Å². The van der Waals surface area contributed by atoms with E-state index in [-0.39, 0.29) is 18.0 Å². The van der Waals surface area contributed by atoms with E-state index in [9.17, 15) is 18.0 Å². The number of nitrogens with zero attached hydrogens (tertiary/aromatic N) is 4. The third kappa shape index (κ3) is 3.30. The van der Waals surface area contributed by atoms with E-state index in [1.165, 1.54) is 11.8 Å². The second-order valence-electron chi connectivity index (χ2n) is 7.14. The SMILES string of the molecule is COc1cnc(C)c(C(=O)N2CCc3c(nn(C)c3-c3cc(F)c(F)c(F)c3)C2)c1. The molecular formula is C21H19F3N4O2. The molecule has 6 nitrogen and oxygen atoms in total. The second-order valence-corrected chi connectivity index (χ2v) is 7.14. The maximum atomic E-state index is 13.7. The second kappa shape index (κ2) is 7.47. The van der Waals surface area contributed by atoms with Crippen molar-refractivity contribution in [2.75, 3.05) is 13.7 Å². The zero-order valence-corrected chi connectivity index (χ0v) is 16.7. The van der Waals surface area contributed by atoms with Crippen LogP contribution in [0.15, 0.2) is 24.4 Å². The lowest BCUT2D eigenvalue weighted by molar-refractivity contribution is 0.0730. The molecule has 0 radical (unpaired) electrons. The average molecular weight is 416 g/mol. The number of fused-ring (bicyclic) bond motifs is 1. The fourth-order valence-electron chi connectivity index (χ4n) is 3.76. The highest BCUT2D eigenvalue weighted by molar-refractivity contribution is 5.95. The Labute approximate surface area is 170 Å². The summed E-state index contributed by atoms with van der Waals surface area (Å²) in [5.41, 5.74) is 3.16. The molecule has 0 saturated carbocycles. The van der Waals surface area contributed by atoms with Gasteiger partial charge in [0.1, 0.15) is 5.75 Å². The highest BCUT2D eigenvalue weighted by Crippen LogP contribution is 2.32. The summed E-state index contributed by atoms with van der Waals surface area (Å²) in [5, 5.41) is 4.44. The largest absolute Gasteiger partial charge is 0.495 e. The van der Waals surface area contributed by atoms with Gasteiger partial charge in [-0.25, -0.2) is 13.2 Å². The van der Waals surface area contributed by atoms with Crippen molar-refractivity contribution in [2.24, 2.45) is 7.05 Å². The van der Waals surface area contributed by atoms with Gasteiger partial charge in [-0.3, -0.25) is 14.5 Å². The number of hydrogen-bond acceptors (Lipinski definition) is 4. The van der Waals surface area contributed by atoms with E-state index >= 15 is 0 Å². The summed E-state index contributed by atoms with van der Waals surface area (Å²) in [6, 6.07) is 3.56. The minimum atomic E-state index is -1.51. The number of hydrogen-bond donors (Lipinski definition) is 0. The van der Waals surface area contributed by atoms with Crippen LogP contribution in [0.4, 0.5) is 13.2 Å². The fraction of sp³-hybridized carbons (Fsp3) is 0.286. The van der Waals surface area contributed by atoms with Crippen molar-refractivity contribution in [3.8, 4) is 17.0 Å². The molecule has 0 saturated heterocycles. The number of aryl methyl sites for hydroxylation is 2. The van der Waals surface area contributed by atoms with Crippen molar-refractivity contribution < 1.29 is 22.7 Å². The molecule has 9 heteroatoms. The summed E-state index contributed by atoms with van der Waals surface area (Å²) in [7, 11) is 3.15. The molecule has 2 aromatic heterocycles. The van der Waals surface area contributed by atoms with Gasteiger partial charge in [-0.15, -0.1) is 0 Å². The van der Waals surface area contributed by atoms with E-state index in [2.05, 4.69) is 10.1 Å². The van der Waals surface area contributed by atoms with E-state index < -0.39 is 17.5 Å². The lowest BCUT2D eigenvalue weighted by Gasteiger charge is -2.27. The van der Waals surface area contributed by atoms with E-state index in [0.29, 0.717) is 41.4 Å². The number of aromatic nitrogens is 3. The third-order valence-corrected chi connectivity index (χ3v) is 5.27. The average Bonchev–Trinajstić information content (AvgIpc) is 3.06. The highest BCUT2D eigenvalue weighted by Gasteiger charge is 2.29. The molecule has 1 aliphatic rings. The van der Waals surface area contributed by atoms with Crippen LogP contribution in [0.25, 0.3) is 11.3 Å². The molecule has 0 unspecified atom stereocenters. The molecule has 0 fully saturated rings. The number of ether oxygens (including phenoxy) is 1. The number of carbonyl (C=O) groups excluding carboxylic acids is 1. The minimum absolute atomic E-state index is 0.198. The predicted octanol–water partition coefficient (Wildman–Crippen LogP) is 3.41. The van der Waals surface area contributed by atoms with E-state index in [4.69, 9.17) is 4.74 Å². The van der Waals surface area contributed by atoms with Gasteiger partial charge in [-0.2, -0.15) is 5.10 Å². The Bertz CT molecular complexity index is 1140. The number of methoxy groups -OCH3 is 1. The molecule has 3 aromatic rings. The molecule has 1 aliphatic heterocycles. The topological polar surface area (TPSA) is 60.2 Å². The molecule has 0 aliphatic carbocycles. The van der Waals surface area contributed by atoms with Crippen LogP contribution in [0, 0.1) is 24.4 Å². The van der Waals surface area contributed by atoms with Crippen LogP contribution in [0.5, 0.6) is 5.75 Å². The molecule has 0 N–H and O–H groups in total. The standard InChI is InChI=1S/C21H19F3N4O2/c1-11-15(8-13(30-3)9-25-11)21(29)28-5-4-14-18(10-28)26-27(2)20(14)12-6-16(22)19(24)17(23)7-12/h6-9H,4-5,10H2,1-3H3. The fourth-order valence-corrected chi connectivity index (χ4v) is 3.76. The number of benzene rings is 1. The zero-order valence-electron chi connectivity index (χ0n) is 16.7. The van der Waals surface area contributed by atoms with Gasteiger partial charge in [-0.1, -0.05) is 0 Å². The van der Waals surface area contributed by atoms with Gasteiger partial charge in [-0.05, 0) is 31.5 Å². The predicted molar refractivity (Wildman–Crippen MR) is 102 cm³/mol. The first-order valence-electron chi connectivity index (χ1n) is 9.29. The van der Waals surface area contributed by atoms with Gasteiger partial charge >= 0.3 is 0 Å². The molecule has 1 aromatic carbocycles. The first-order chi connectivity index (χ1) is 14.3. The maximum absolute atomic E-state index is 13.7. The Kier molecular flexibility index (Phi) is 4.97. The van der Waals surface area contributed by atoms with Crippen molar-refractivity contribution in [1.82, 2.24) is 19.7 Å². The van der Waals surface area contributed by atoms with Gasteiger partial charge in [0.05, 0.1) is 42.5 Å². The molecule has 4 rings (SSSR count). The van der Waals surface area contributed by atoms with Crippen LogP contribution >= 0.6 is 0 Å². The monoisotopic (exact) mass is 416 g/mol. The Balaban J connectivity index is 1.67. The van der Waals surface area contributed by atoms with Gasteiger partial charge in [0.2, 0.25) is 0 Å². The van der Waals surface area contributed by atoms with Crippen LogP contribution in [0.2, 0.25) is 0 Å². The van der Waals surface area contributed by atoms with Crippen LogP contribution < -0.4 is 4.74 Å². The Morgan fingerprint density at radius 3 is 2.53 bits per heavy atom. The number of pyridine rings is 1. The number of carbonyl (C=O) groups is 1. The van der Waals surface area contributed by atoms with Crippen LogP contribution in [0.1, 0.15) is 27.3 Å². The third-order valence-electron chi connectivity index (χ3n) is 5.27. The van der Waals surface area contributed by atoms with E-state index in [1.807, 2.05) is 0 Å². The molecule has 156 valence electrons. The van der Waals surface area contributed by atoms with Crippen LogP contribution in [-0.2, 0) is 20.0 Å². The van der Waals surface area contributed by atoms with E-state index in [1.54, 1.807) is 31.1 Å². The highest BCUT2D eigenvalue weighted by atomic mass is 19.2. The van der Waals surface area contributed by atoms with Crippen LogP contribution in [-0.4, -0.2) is 39.2 Å². The molecule has 1 amide bonds. The summed E-state index contributed by atoms with van der Waals surface area (Å²) in [5.74, 6) is -3.73. The Morgan fingerprint density at radius 1 is 1.17 bits per heavy atom. The lowest BCUT2D eigenvalue weighted by Crippen LogP contribution is -2.36. The number of amides is 1. The van der Waals surface area contributed by atoms with Gasteiger partial charge in [0.15, 0.2) is 17.5 Å². The minimum Gasteiger partial charge on any atom is -0.495 e. The first kappa shape index (κ1) is 19.9. The van der Waals surface area contributed by atoms with Crippen molar-refractivity contribution in [2.45, 2.75) is 19.9 Å². The molecule has 30 heavy (non-hydrogen) atoms. The number of rotatable bonds is 3. The lowest BCUT2D eigenvalue weighted by atomic mass is 9.99. The molecule has 0 bridgehead atoms. The Morgan fingerprint density at radius 2 is 1.87 bits per heavy atom. The van der Waals surface area contributed by atoms with Gasteiger partial charge in [0.25, 0.3) is 5.91 Å². The number of halogens is 3.